The molecule has 0 amide bonds. The molecule has 2 nitrogen and oxygen atoms in total. The van der Waals surface area contributed by atoms with Gasteiger partial charge in [0.05, 0.1) is 0 Å². The highest BCUT2D eigenvalue weighted by molar-refractivity contribution is 5.48. The van der Waals surface area contributed by atoms with Gasteiger partial charge in [-0.15, -0.1) is 0 Å². The van der Waals surface area contributed by atoms with E-state index in [1.807, 2.05) is 0 Å². The van der Waals surface area contributed by atoms with Crippen molar-refractivity contribution in [2.24, 2.45) is 0 Å². The number of piperidine rings is 1. The average molecular weight is 230 g/mol. The Morgan fingerprint density at radius 1 is 0.941 bits per heavy atom. The highest BCUT2D eigenvalue weighted by Gasteiger charge is 2.16. The summed E-state index contributed by atoms with van der Waals surface area (Å²) >= 11 is 0. The van der Waals surface area contributed by atoms with Crippen LogP contribution in [0.4, 0.5) is 5.69 Å². The zero-order chi connectivity index (χ0) is 11.5. The summed E-state index contributed by atoms with van der Waals surface area (Å²) in [5, 5.41) is 3.61. The van der Waals surface area contributed by atoms with Gasteiger partial charge in [0.15, 0.2) is 0 Å². The van der Waals surface area contributed by atoms with Gasteiger partial charge in [-0.2, -0.15) is 0 Å². The molecule has 92 valence electrons. The van der Waals surface area contributed by atoms with E-state index in [1.54, 1.807) is 0 Å². The minimum Gasteiger partial charge on any atom is -0.372 e. The molecule has 2 heterocycles. The predicted molar refractivity (Wildman–Crippen MR) is 72.5 cm³/mol. The number of rotatable bonds is 2. The number of anilines is 1. The van der Waals surface area contributed by atoms with E-state index in [-0.39, 0.29) is 0 Å². The van der Waals surface area contributed by atoms with Crippen molar-refractivity contribution < 1.29 is 0 Å². The lowest BCUT2D eigenvalue weighted by atomic mass is 9.97. The Labute approximate surface area is 104 Å². The SMILES string of the molecule is c1cc(N2CCCC2)ccc1C1CCCCN1. The van der Waals surface area contributed by atoms with Crippen molar-refractivity contribution in [3.05, 3.63) is 29.8 Å². The molecule has 1 unspecified atom stereocenters. The van der Waals surface area contributed by atoms with Crippen LogP contribution < -0.4 is 10.2 Å². The fraction of sp³-hybridized carbons (Fsp3) is 0.600. The highest BCUT2D eigenvalue weighted by Crippen LogP contribution is 2.26. The average Bonchev–Trinajstić information content (AvgIpc) is 2.94. The zero-order valence-corrected chi connectivity index (χ0v) is 10.5. The van der Waals surface area contributed by atoms with Gasteiger partial charge in [-0.1, -0.05) is 18.6 Å². The van der Waals surface area contributed by atoms with Crippen LogP contribution in [-0.2, 0) is 0 Å². The maximum atomic E-state index is 3.61. The van der Waals surface area contributed by atoms with Crippen LogP contribution >= 0.6 is 0 Å². The number of nitrogens with zero attached hydrogens (tertiary/aromatic N) is 1. The summed E-state index contributed by atoms with van der Waals surface area (Å²) in [7, 11) is 0. The summed E-state index contributed by atoms with van der Waals surface area (Å²) in [5.41, 5.74) is 2.87. The molecular weight excluding hydrogens is 208 g/mol. The minimum absolute atomic E-state index is 0.594. The molecule has 2 aliphatic heterocycles. The Morgan fingerprint density at radius 2 is 1.71 bits per heavy atom. The molecule has 0 bridgehead atoms. The second kappa shape index (κ2) is 5.09. The molecule has 2 aliphatic rings. The number of hydrogen-bond donors (Lipinski definition) is 1. The largest absolute Gasteiger partial charge is 0.372 e. The van der Waals surface area contributed by atoms with Gasteiger partial charge < -0.3 is 10.2 Å². The summed E-state index contributed by atoms with van der Waals surface area (Å²) < 4.78 is 0. The summed E-state index contributed by atoms with van der Waals surface area (Å²) in [4.78, 5) is 2.50. The molecule has 0 aromatic heterocycles. The first kappa shape index (κ1) is 11.1. The molecule has 0 aliphatic carbocycles. The van der Waals surface area contributed by atoms with Crippen LogP contribution in [0.25, 0.3) is 0 Å². The van der Waals surface area contributed by atoms with Crippen molar-refractivity contribution in [3.8, 4) is 0 Å². The van der Waals surface area contributed by atoms with Gasteiger partial charge in [-0.25, -0.2) is 0 Å². The molecule has 3 rings (SSSR count). The standard InChI is InChI=1S/C15H22N2/c1-2-10-16-15(5-1)13-6-8-14(9-7-13)17-11-3-4-12-17/h6-9,15-16H,1-5,10-12H2. The maximum absolute atomic E-state index is 3.61. The quantitative estimate of drug-likeness (QED) is 0.840. The highest BCUT2D eigenvalue weighted by atomic mass is 15.1. The van der Waals surface area contributed by atoms with Crippen LogP contribution in [-0.4, -0.2) is 19.6 Å². The molecule has 0 radical (unpaired) electrons. The van der Waals surface area contributed by atoms with Gasteiger partial charge in [-0.3, -0.25) is 0 Å². The summed E-state index contributed by atoms with van der Waals surface area (Å²) in [5.74, 6) is 0. The smallest absolute Gasteiger partial charge is 0.0366 e. The van der Waals surface area contributed by atoms with Crippen LogP contribution in [0.15, 0.2) is 24.3 Å². The number of nitrogens with one attached hydrogen (secondary N) is 1. The molecule has 1 N–H and O–H groups in total. The van der Waals surface area contributed by atoms with E-state index in [9.17, 15) is 0 Å². The van der Waals surface area contributed by atoms with Gasteiger partial charge in [0.25, 0.3) is 0 Å². The molecule has 1 atom stereocenters. The predicted octanol–water partition coefficient (Wildman–Crippen LogP) is 3.10. The second-order valence-electron chi connectivity index (χ2n) is 5.29. The van der Waals surface area contributed by atoms with Crippen LogP contribution in [0.3, 0.4) is 0 Å². The van der Waals surface area contributed by atoms with E-state index in [2.05, 4.69) is 34.5 Å². The third-order valence-corrected chi connectivity index (χ3v) is 4.08. The fourth-order valence-corrected chi connectivity index (χ4v) is 3.03. The summed E-state index contributed by atoms with van der Waals surface area (Å²) in [6.45, 7) is 3.65. The molecule has 0 spiro atoms. The van der Waals surface area contributed by atoms with Gasteiger partial charge in [0.2, 0.25) is 0 Å². The van der Waals surface area contributed by atoms with E-state index in [1.165, 1.54) is 63.0 Å². The van der Waals surface area contributed by atoms with Crippen LogP contribution in [0.2, 0.25) is 0 Å². The normalized spacial score (nSPS) is 25.2. The lowest BCUT2D eigenvalue weighted by Gasteiger charge is -2.25. The second-order valence-corrected chi connectivity index (χ2v) is 5.29. The van der Waals surface area contributed by atoms with Gasteiger partial charge >= 0.3 is 0 Å². The lowest BCUT2D eigenvalue weighted by Crippen LogP contribution is -2.26. The van der Waals surface area contributed by atoms with Gasteiger partial charge in [-0.05, 0) is 49.9 Å². The van der Waals surface area contributed by atoms with Crippen LogP contribution in [0.1, 0.15) is 43.7 Å². The third kappa shape index (κ3) is 2.47. The number of hydrogen-bond acceptors (Lipinski definition) is 2. The van der Waals surface area contributed by atoms with Crippen molar-refractivity contribution in [1.82, 2.24) is 5.32 Å². The van der Waals surface area contributed by atoms with E-state index in [0.717, 1.165) is 0 Å². The molecule has 2 saturated heterocycles. The Balaban J connectivity index is 1.70. The van der Waals surface area contributed by atoms with Crippen molar-refractivity contribution in [2.75, 3.05) is 24.5 Å². The maximum Gasteiger partial charge on any atom is 0.0366 e. The summed E-state index contributed by atoms with van der Waals surface area (Å²) in [6, 6.07) is 9.83. The van der Waals surface area contributed by atoms with Gasteiger partial charge in [0.1, 0.15) is 0 Å². The van der Waals surface area contributed by atoms with E-state index in [4.69, 9.17) is 0 Å². The molecular formula is C15H22N2. The topological polar surface area (TPSA) is 15.3 Å². The first-order valence-corrected chi connectivity index (χ1v) is 7.02. The molecule has 2 fully saturated rings. The third-order valence-electron chi connectivity index (χ3n) is 4.08. The van der Waals surface area contributed by atoms with Crippen molar-refractivity contribution in [2.45, 2.75) is 38.1 Å². The molecule has 2 heteroatoms. The Kier molecular flexibility index (Phi) is 3.32. The van der Waals surface area contributed by atoms with Crippen molar-refractivity contribution >= 4 is 5.69 Å². The van der Waals surface area contributed by atoms with Crippen LogP contribution in [0, 0.1) is 0 Å². The van der Waals surface area contributed by atoms with Crippen LogP contribution in [0.5, 0.6) is 0 Å². The number of benzene rings is 1. The Morgan fingerprint density at radius 3 is 2.35 bits per heavy atom. The molecule has 17 heavy (non-hydrogen) atoms. The van der Waals surface area contributed by atoms with Gasteiger partial charge in [0, 0.05) is 24.8 Å². The molecule has 1 aromatic rings. The monoisotopic (exact) mass is 230 g/mol. The molecule has 0 saturated carbocycles. The zero-order valence-electron chi connectivity index (χ0n) is 10.5. The summed E-state index contributed by atoms with van der Waals surface area (Å²) in [6.07, 6.45) is 6.70. The fourth-order valence-electron chi connectivity index (χ4n) is 3.03. The minimum atomic E-state index is 0.594. The first-order valence-electron chi connectivity index (χ1n) is 7.02. The van der Waals surface area contributed by atoms with E-state index < -0.39 is 0 Å². The van der Waals surface area contributed by atoms with E-state index >= 15 is 0 Å². The Bertz CT molecular complexity index is 346. The first-order chi connectivity index (χ1) is 8.43. The van der Waals surface area contributed by atoms with E-state index in [0.29, 0.717) is 6.04 Å². The van der Waals surface area contributed by atoms with Crippen molar-refractivity contribution in [3.63, 3.8) is 0 Å². The molecule has 1 aromatic carbocycles. The lowest BCUT2D eigenvalue weighted by molar-refractivity contribution is 0.412. The Hall–Kier alpha value is -1.02. The van der Waals surface area contributed by atoms with Crippen molar-refractivity contribution in [1.29, 1.82) is 0 Å².